The molecular weight excluding hydrogens is 402 g/mol. The summed E-state index contributed by atoms with van der Waals surface area (Å²) >= 11 is 0. The molecule has 31 heavy (non-hydrogen) atoms. The molecule has 10 heteroatoms. The molecule has 1 aliphatic carbocycles. The first kappa shape index (κ1) is 22.0. The Morgan fingerprint density at radius 2 is 2.10 bits per heavy atom. The van der Waals surface area contributed by atoms with Crippen LogP contribution in [0.4, 0.5) is 10.5 Å². The maximum Gasteiger partial charge on any atom is 0.411 e. The molecule has 10 nitrogen and oxygen atoms in total. The normalized spacial score (nSPS) is 13.7. The molecule has 3 N–H and O–H groups in total. The third kappa shape index (κ3) is 5.07. The molecule has 3 rings (SSSR count). The largest absolute Gasteiger partial charge is 0.453 e. The number of aliphatic hydroxyl groups is 1. The fraction of sp³-hybridized carbons (Fsp3) is 0.381. The Morgan fingerprint density at radius 1 is 1.35 bits per heavy atom. The van der Waals surface area contributed by atoms with Crippen LogP contribution >= 0.6 is 0 Å². The number of anilines is 1. The molecule has 1 aliphatic rings. The average Bonchev–Trinajstić information content (AvgIpc) is 3.55. The highest BCUT2D eigenvalue weighted by molar-refractivity contribution is 5.91. The van der Waals surface area contributed by atoms with Crippen molar-refractivity contribution in [3.63, 3.8) is 0 Å². The third-order valence-electron chi connectivity index (χ3n) is 5.30. The topological polar surface area (TPSA) is 146 Å². The zero-order chi connectivity index (χ0) is 22.6. The van der Waals surface area contributed by atoms with E-state index < -0.39 is 11.7 Å². The number of aromatic nitrogens is 2. The Hall–Kier alpha value is -3.71. The summed E-state index contributed by atoms with van der Waals surface area (Å²) in [7, 11) is 1.21. The summed E-state index contributed by atoms with van der Waals surface area (Å²) < 4.78 is 5.85. The van der Waals surface area contributed by atoms with Crippen LogP contribution in [-0.4, -0.2) is 46.9 Å². The molecule has 1 aromatic carbocycles. The summed E-state index contributed by atoms with van der Waals surface area (Å²) in [6.07, 6.45) is 1.01. The van der Waals surface area contributed by atoms with Crippen molar-refractivity contribution >= 4 is 17.7 Å². The molecule has 0 radical (unpaired) electrons. The van der Waals surface area contributed by atoms with E-state index in [0.717, 1.165) is 12.8 Å². The predicted molar refractivity (Wildman–Crippen MR) is 111 cm³/mol. The van der Waals surface area contributed by atoms with Gasteiger partial charge in [0.2, 0.25) is 5.91 Å². The number of hydrogen-bond acceptors (Lipinski definition) is 7. The van der Waals surface area contributed by atoms with E-state index in [1.54, 1.807) is 19.1 Å². The van der Waals surface area contributed by atoms with Crippen LogP contribution in [0.15, 0.2) is 29.1 Å². The Morgan fingerprint density at radius 3 is 2.68 bits per heavy atom. The van der Waals surface area contributed by atoms with Gasteiger partial charge < -0.3 is 15.2 Å². The molecule has 2 amide bonds. The molecule has 1 heterocycles. The number of nitrogens with zero attached hydrogens (tertiary/aromatic N) is 3. The van der Waals surface area contributed by atoms with Gasteiger partial charge in [0.05, 0.1) is 36.7 Å². The van der Waals surface area contributed by atoms with Crippen molar-refractivity contribution in [1.82, 2.24) is 14.9 Å². The van der Waals surface area contributed by atoms with Gasteiger partial charge in [-0.3, -0.25) is 19.5 Å². The fourth-order valence-electron chi connectivity index (χ4n) is 3.11. The first-order chi connectivity index (χ1) is 14.8. The number of carbonyl (C=O) groups is 2. The number of nitriles is 1. The number of hydrogen-bond donors (Lipinski definition) is 3. The van der Waals surface area contributed by atoms with Crippen molar-refractivity contribution in [3.8, 4) is 17.3 Å². The maximum absolute atomic E-state index is 12.7. The quantitative estimate of drug-likeness (QED) is 0.603. The van der Waals surface area contributed by atoms with Crippen molar-refractivity contribution in [3.05, 3.63) is 46.0 Å². The van der Waals surface area contributed by atoms with Gasteiger partial charge in [-0.2, -0.15) is 5.26 Å². The zero-order valence-electron chi connectivity index (χ0n) is 17.3. The number of carbonyl (C=O) groups excluding carboxylic acids is 2. The Bertz CT molecular complexity index is 1110. The van der Waals surface area contributed by atoms with Gasteiger partial charge in [-0.1, -0.05) is 0 Å². The summed E-state index contributed by atoms with van der Waals surface area (Å²) in [5.74, 6) is -0.0276. The second-order valence-corrected chi connectivity index (χ2v) is 7.54. The van der Waals surface area contributed by atoms with Crippen LogP contribution in [0.1, 0.15) is 24.2 Å². The first-order valence-corrected chi connectivity index (χ1v) is 9.66. The van der Waals surface area contributed by atoms with Crippen molar-refractivity contribution in [2.75, 3.05) is 25.6 Å². The summed E-state index contributed by atoms with van der Waals surface area (Å²) in [4.78, 5) is 41.0. The van der Waals surface area contributed by atoms with E-state index in [0.29, 0.717) is 23.5 Å². The molecule has 0 saturated heterocycles. The lowest BCUT2D eigenvalue weighted by molar-refractivity contribution is -0.122. The highest BCUT2D eigenvalue weighted by atomic mass is 16.5. The zero-order valence-corrected chi connectivity index (χ0v) is 17.3. The number of rotatable bonds is 7. The molecule has 0 bridgehead atoms. The number of amides is 2. The molecule has 0 atom stereocenters. The van der Waals surface area contributed by atoms with Gasteiger partial charge in [-0.15, -0.1) is 0 Å². The smallest absolute Gasteiger partial charge is 0.411 e. The lowest BCUT2D eigenvalue weighted by Crippen LogP contribution is -2.37. The van der Waals surface area contributed by atoms with Gasteiger partial charge >= 0.3 is 6.09 Å². The van der Waals surface area contributed by atoms with Crippen LogP contribution in [-0.2, 0) is 16.1 Å². The number of ether oxygens (including phenoxy) is 1. The van der Waals surface area contributed by atoms with Gasteiger partial charge in [-0.05, 0) is 38.0 Å². The molecule has 162 valence electrons. The number of methoxy groups -OCH3 is 1. The van der Waals surface area contributed by atoms with Gasteiger partial charge in [0.15, 0.2) is 0 Å². The number of aliphatic hydroxyl groups excluding tert-OH is 1. The van der Waals surface area contributed by atoms with Crippen molar-refractivity contribution in [2.24, 2.45) is 5.41 Å². The van der Waals surface area contributed by atoms with E-state index in [1.165, 1.54) is 23.8 Å². The minimum Gasteiger partial charge on any atom is -0.453 e. The van der Waals surface area contributed by atoms with Crippen LogP contribution in [0.5, 0.6) is 0 Å². The van der Waals surface area contributed by atoms with Gasteiger partial charge in [0, 0.05) is 23.6 Å². The van der Waals surface area contributed by atoms with E-state index in [9.17, 15) is 19.5 Å². The Labute approximate surface area is 178 Å². The third-order valence-corrected chi connectivity index (χ3v) is 5.30. The van der Waals surface area contributed by atoms with Crippen LogP contribution in [0.2, 0.25) is 0 Å². The highest BCUT2D eigenvalue weighted by Crippen LogP contribution is 2.44. The molecule has 1 saturated carbocycles. The van der Waals surface area contributed by atoms with Crippen LogP contribution < -0.4 is 16.2 Å². The summed E-state index contributed by atoms with van der Waals surface area (Å²) in [5.41, 5.74) is 0.636. The monoisotopic (exact) mass is 425 g/mol. The molecule has 0 aliphatic heterocycles. The first-order valence-electron chi connectivity index (χ1n) is 9.66. The lowest BCUT2D eigenvalue weighted by atomic mass is 10.1. The van der Waals surface area contributed by atoms with Crippen LogP contribution in [0.3, 0.4) is 0 Å². The molecule has 1 fully saturated rings. The SMILES string of the molecule is COC(=O)Nc1cc(C#N)ccc1-c1cc(=O)n(CC(=O)NCC2(CO)CC2)c(C)n1. The average molecular weight is 425 g/mol. The van der Waals surface area contributed by atoms with Crippen molar-refractivity contribution in [1.29, 1.82) is 5.26 Å². The van der Waals surface area contributed by atoms with E-state index >= 15 is 0 Å². The minimum atomic E-state index is -0.727. The van der Waals surface area contributed by atoms with E-state index in [1.807, 2.05) is 6.07 Å². The molecular formula is C21H23N5O5. The van der Waals surface area contributed by atoms with Crippen LogP contribution in [0, 0.1) is 23.7 Å². The summed E-state index contributed by atoms with van der Waals surface area (Å²) in [6, 6.07) is 7.82. The Balaban J connectivity index is 1.85. The fourth-order valence-corrected chi connectivity index (χ4v) is 3.11. The highest BCUT2D eigenvalue weighted by Gasteiger charge is 2.42. The molecule has 0 unspecified atom stereocenters. The van der Waals surface area contributed by atoms with Crippen LogP contribution in [0.25, 0.3) is 11.3 Å². The van der Waals surface area contributed by atoms with Gasteiger partial charge in [0.1, 0.15) is 12.4 Å². The number of benzene rings is 1. The van der Waals surface area contributed by atoms with Crippen molar-refractivity contribution < 1.29 is 19.4 Å². The molecule has 0 spiro atoms. The number of aryl methyl sites for hydroxylation is 1. The van der Waals surface area contributed by atoms with Gasteiger partial charge in [0.25, 0.3) is 5.56 Å². The molecule has 2 aromatic rings. The summed E-state index contributed by atoms with van der Waals surface area (Å²) in [6.45, 7) is 1.80. The molecule has 1 aromatic heterocycles. The van der Waals surface area contributed by atoms with Crippen molar-refractivity contribution in [2.45, 2.75) is 26.3 Å². The van der Waals surface area contributed by atoms with Gasteiger partial charge in [-0.25, -0.2) is 9.78 Å². The summed E-state index contributed by atoms with van der Waals surface area (Å²) in [5, 5.41) is 23.7. The predicted octanol–water partition coefficient (Wildman–Crippen LogP) is 1.16. The lowest BCUT2D eigenvalue weighted by Gasteiger charge is -2.15. The number of nitrogens with one attached hydrogen (secondary N) is 2. The maximum atomic E-state index is 12.7. The standard InChI is InChI=1S/C21H23N5O5/c1-13-24-17(15-4-3-14(9-22)7-16(15)25-20(30)31-2)8-19(29)26(13)10-18(28)23-11-21(12-27)5-6-21/h3-4,7-8,27H,5-6,10-12H2,1-2H3,(H,23,28)(H,25,30). The van der Waals surface area contributed by atoms with E-state index in [2.05, 4.69) is 20.4 Å². The second kappa shape index (κ2) is 8.97. The van der Waals surface area contributed by atoms with E-state index in [4.69, 9.17) is 5.26 Å². The Kier molecular flexibility index (Phi) is 6.36. The minimum absolute atomic E-state index is 0.0229. The van der Waals surface area contributed by atoms with E-state index in [-0.39, 0.29) is 35.9 Å². The second-order valence-electron chi connectivity index (χ2n) is 7.54.